The molecule has 1 aromatic heterocycles. The van der Waals surface area contributed by atoms with Crippen LogP contribution in [0.1, 0.15) is 0 Å². The third-order valence-electron chi connectivity index (χ3n) is 2.34. The molecule has 19 heavy (non-hydrogen) atoms. The Labute approximate surface area is 111 Å². The van der Waals surface area contributed by atoms with Gasteiger partial charge in [-0.25, -0.2) is 0 Å². The van der Waals surface area contributed by atoms with Gasteiger partial charge < -0.3 is 23.8 Å². The summed E-state index contributed by atoms with van der Waals surface area (Å²) in [5.74, 6) is 0.143. The van der Waals surface area contributed by atoms with E-state index in [2.05, 4.69) is 10.2 Å². The van der Waals surface area contributed by atoms with Gasteiger partial charge in [0.2, 0.25) is 12.7 Å². The van der Waals surface area contributed by atoms with Crippen LogP contribution in [-0.2, 0) is 4.79 Å². The molecule has 1 aliphatic heterocycles. The fraction of sp³-hybridized carbons (Fsp3) is 0.182. The minimum absolute atomic E-state index is 0.178. The number of nitrogens with zero attached hydrogens (tertiary/aromatic N) is 2. The van der Waals surface area contributed by atoms with Crippen molar-refractivity contribution in [3.05, 3.63) is 18.2 Å². The molecular weight excluding hydrogens is 272 g/mol. The number of carboxylic acids is 1. The minimum Gasteiger partial charge on any atom is -0.549 e. The van der Waals surface area contributed by atoms with E-state index in [1.807, 2.05) is 0 Å². The number of rotatable bonds is 4. The molecule has 1 aromatic carbocycles. The SMILES string of the molecule is O=C([O-])CSc1nnc(-c2ccc3c(c2)OCO3)o1. The molecule has 0 radical (unpaired) electrons. The first-order chi connectivity index (χ1) is 9.22. The average molecular weight is 279 g/mol. The highest BCUT2D eigenvalue weighted by Crippen LogP contribution is 2.35. The second-order valence-electron chi connectivity index (χ2n) is 3.60. The number of hydrogen-bond donors (Lipinski definition) is 0. The van der Waals surface area contributed by atoms with Crippen molar-refractivity contribution >= 4 is 17.7 Å². The summed E-state index contributed by atoms with van der Waals surface area (Å²) < 4.78 is 15.8. The maximum atomic E-state index is 10.3. The summed E-state index contributed by atoms with van der Waals surface area (Å²) >= 11 is 0.911. The zero-order valence-electron chi connectivity index (χ0n) is 9.49. The molecule has 2 aromatic rings. The molecule has 0 saturated carbocycles. The Kier molecular flexibility index (Phi) is 3.00. The fourth-order valence-electron chi connectivity index (χ4n) is 1.53. The third kappa shape index (κ3) is 2.48. The number of carbonyl (C=O) groups excluding carboxylic acids is 1. The van der Waals surface area contributed by atoms with Gasteiger partial charge in [0.05, 0.1) is 5.97 Å². The highest BCUT2D eigenvalue weighted by molar-refractivity contribution is 7.99. The first-order valence-electron chi connectivity index (χ1n) is 5.28. The van der Waals surface area contributed by atoms with Crippen LogP contribution in [0.2, 0.25) is 0 Å². The molecule has 3 rings (SSSR count). The molecule has 0 N–H and O–H groups in total. The van der Waals surface area contributed by atoms with E-state index in [-0.39, 0.29) is 17.8 Å². The standard InChI is InChI=1S/C11H8N2O5S/c14-9(15)4-19-11-13-12-10(18-11)6-1-2-7-8(3-6)17-5-16-7/h1-3H,4-5H2,(H,14,15)/p-1. The first-order valence-corrected chi connectivity index (χ1v) is 6.27. The summed E-state index contributed by atoms with van der Waals surface area (Å²) in [6.07, 6.45) is 0. The normalized spacial score (nSPS) is 12.6. The lowest BCUT2D eigenvalue weighted by atomic mass is 10.2. The van der Waals surface area contributed by atoms with Gasteiger partial charge in [0.1, 0.15) is 0 Å². The molecule has 0 amide bonds. The Bertz CT molecular complexity index is 627. The zero-order valence-corrected chi connectivity index (χ0v) is 10.3. The second kappa shape index (κ2) is 4.81. The number of thioether (sulfide) groups is 1. The van der Waals surface area contributed by atoms with Gasteiger partial charge in [0.15, 0.2) is 11.5 Å². The molecule has 1 aliphatic rings. The summed E-state index contributed by atoms with van der Waals surface area (Å²) in [5, 5.41) is 18.1. The number of benzene rings is 1. The number of ether oxygens (including phenoxy) is 2. The Hall–Kier alpha value is -2.22. The van der Waals surface area contributed by atoms with Crippen LogP contribution in [0.3, 0.4) is 0 Å². The molecule has 0 fully saturated rings. The van der Waals surface area contributed by atoms with Crippen molar-refractivity contribution in [1.82, 2.24) is 10.2 Å². The van der Waals surface area contributed by atoms with Gasteiger partial charge >= 0.3 is 0 Å². The Morgan fingerprint density at radius 1 is 1.32 bits per heavy atom. The Morgan fingerprint density at radius 2 is 2.16 bits per heavy atom. The van der Waals surface area contributed by atoms with Crippen molar-refractivity contribution in [2.24, 2.45) is 0 Å². The summed E-state index contributed by atoms with van der Waals surface area (Å²) in [6.45, 7) is 0.190. The molecule has 0 unspecified atom stereocenters. The smallest absolute Gasteiger partial charge is 0.277 e. The lowest BCUT2D eigenvalue weighted by molar-refractivity contribution is -0.301. The van der Waals surface area contributed by atoms with E-state index in [1.165, 1.54) is 0 Å². The minimum atomic E-state index is -1.19. The zero-order chi connectivity index (χ0) is 13.2. The largest absolute Gasteiger partial charge is 0.549 e. The van der Waals surface area contributed by atoms with Crippen LogP contribution in [-0.4, -0.2) is 28.7 Å². The van der Waals surface area contributed by atoms with Gasteiger partial charge in [-0.3, -0.25) is 0 Å². The molecule has 98 valence electrons. The van der Waals surface area contributed by atoms with E-state index in [1.54, 1.807) is 18.2 Å². The van der Waals surface area contributed by atoms with E-state index in [0.717, 1.165) is 11.8 Å². The van der Waals surface area contributed by atoms with Crippen LogP contribution in [0, 0.1) is 0 Å². The summed E-state index contributed by atoms with van der Waals surface area (Å²) in [6, 6.07) is 5.23. The predicted octanol–water partition coefficient (Wildman–Crippen LogP) is 0.307. The van der Waals surface area contributed by atoms with Gasteiger partial charge in [-0.2, -0.15) is 0 Å². The highest BCUT2D eigenvalue weighted by Gasteiger charge is 2.16. The first kappa shape index (κ1) is 11.8. The molecule has 0 bridgehead atoms. The van der Waals surface area contributed by atoms with Crippen molar-refractivity contribution in [2.45, 2.75) is 5.22 Å². The van der Waals surface area contributed by atoms with E-state index < -0.39 is 5.97 Å². The van der Waals surface area contributed by atoms with Crippen LogP contribution in [0.5, 0.6) is 11.5 Å². The monoisotopic (exact) mass is 279 g/mol. The molecule has 0 aliphatic carbocycles. The number of aromatic nitrogens is 2. The van der Waals surface area contributed by atoms with Crippen molar-refractivity contribution in [3.8, 4) is 23.0 Å². The van der Waals surface area contributed by atoms with Crippen LogP contribution in [0.15, 0.2) is 27.8 Å². The fourth-order valence-corrected chi connectivity index (χ4v) is 2.01. The van der Waals surface area contributed by atoms with E-state index in [0.29, 0.717) is 23.0 Å². The summed E-state index contributed by atoms with van der Waals surface area (Å²) in [7, 11) is 0. The topological polar surface area (TPSA) is 97.5 Å². The second-order valence-corrected chi connectivity index (χ2v) is 4.53. The molecule has 0 saturated heterocycles. The van der Waals surface area contributed by atoms with Crippen LogP contribution >= 0.6 is 11.8 Å². The van der Waals surface area contributed by atoms with Crippen molar-refractivity contribution in [1.29, 1.82) is 0 Å². The van der Waals surface area contributed by atoms with Crippen molar-refractivity contribution in [3.63, 3.8) is 0 Å². The van der Waals surface area contributed by atoms with Crippen molar-refractivity contribution < 1.29 is 23.8 Å². The molecule has 2 heterocycles. The molecule has 0 atom stereocenters. The summed E-state index contributed by atoms with van der Waals surface area (Å²) in [5.41, 5.74) is 0.678. The van der Waals surface area contributed by atoms with Gasteiger partial charge in [0, 0.05) is 11.3 Å². The molecule has 8 heteroatoms. The summed E-state index contributed by atoms with van der Waals surface area (Å²) in [4.78, 5) is 10.3. The number of hydrogen-bond acceptors (Lipinski definition) is 8. The number of aliphatic carboxylic acids is 1. The van der Waals surface area contributed by atoms with Crippen LogP contribution in [0.4, 0.5) is 0 Å². The third-order valence-corrected chi connectivity index (χ3v) is 3.13. The van der Waals surface area contributed by atoms with Gasteiger partial charge in [-0.15, -0.1) is 10.2 Å². The predicted molar refractivity (Wildman–Crippen MR) is 61.6 cm³/mol. The van der Waals surface area contributed by atoms with E-state index >= 15 is 0 Å². The number of carboxylic acid groups (broad SMARTS) is 1. The number of fused-ring (bicyclic) bond motifs is 1. The maximum Gasteiger partial charge on any atom is 0.277 e. The quantitative estimate of drug-likeness (QED) is 0.737. The Balaban J connectivity index is 1.80. The van der Waals surface area contributed by atoms with Crippen LogP contribution < -0.4 is 14.6 Å². The van der Waals surface area contributed by atoms with E-state index in [9.17, 15) is 9.90 Å². The molecular formula is C11H7N2O5S-. The molecule has 7 nitrogen and oxygen atoms in total. The molecule has 0 spiro atoms. The van der Waals surface area contributed by atoms with Crippen molar-refractivity contribution in [2.75, 3.05) is 12.5 Å². The van der Waals surface area contributed by atoms with Gasteiger partial charge in [-0.1, -0.05) is 11.8 Å². The maximum absolute atomic E-state index is 10.3. The van der Waals surface area contributed by atoms with E-state index in [4.69, 9.17) is 13.9 Å². The van der Waals surface area contributed by atoms with Gasteiger partial charge in [-0.05, 0) is 18.2 Å². The lowest BCUT2D eigenvalue weighted by Gasteiger charge is -1.98. The highest BCUT2D eigenvalue weighted by atomic mass is 32.2. The van der Waals surface area contributed by atoms with Gasteiger partial charge in [0.25, 0.3) is 5.22 Å². The lowest BCUT2D eigenvalue weighted by Crippen LogP contribution is -2.24. The number of carbonyl (C=O) groups is 1. The van der Waals surface area contributed by atoms with Crippen LogP contribution in [0.25, 0.3) is 11.5 Å². The average Bonchev–Trinajstić information content (AvgIpc) is 3.04. The Morgan fingerprint density at radius 3 is 3.00 bits per heavy atom.